The maximum absolute atomic E-state index is 11.7. The molecule has 1 heterocycles. The summed E-state index contributed by atoms with van der Waals surface area (Å²) in [5.74, 6) is 0.476. The average molecular weight is 224 g/mol. The van der Waals surface area contributed by atoms with Gasteiger partial charge in [0.25, 0.3) is 0 Å². The molecule has 1 aliphatic heterocycles. The number of Topliss-reactive ketones (excluding diaryl/α,β-unsaturated/α-hetero) is 1. The molecule has 1 unspecified atom stereocenters. The minimum absolute atomic E-state index is 0.252. The Morgan fingerprint density at radius 2 is 1.75 bits per heavy atom. The van der Waals surface area contributed by atoms with Crippen molar-refractivity contribution in [1.29, 1.82) is 0 Å². The predicted molar refractivity (Wildman–Crippen MR) is 65.5 cm³/mol. The van der Waals surface area contributed by atoms with Crippen molar-refractivity contribution in [3.05, 3.63) is 0 Å². The molecule has 3 nitrogen and oxygen atoms in total. The van der Waals surface area contributed by atoms with Gasteiger partial charge in [0, 0.05) is 38.1 Å². The number of piperazine rings is 1. The third kappa shape index (κ3) is 2.46. The van der Waals surface area contributed by atoms with E-state index >= 15 is 0 Å². The van der Waals surface area contributed by atoms with Crippen LogP contribution in [0.15, 0.2) is 0 Å². The summed E-state index contributed by atoms with van der Waals surface area (Å²) in [5.41, 5.74) is 0.270. The van der Waals surface area contributed by atoms with Crippen molar-refractivity contribution in [3.8, 4) is 0 Å². The predicted octanol–water partition coefficient (Wildman–Crippen LogP) is 1.52. The van der Waals surface area contributed by atoms with E-state index in [1.807, 2.05) is 0 Å². The lowest BCUT2D eigenvalue weighted by atomic mass is 10.0. The molecule has 0 N–H and O–H groups in total. The summed E-state index contributed by atoms with van der Waals surface area (Å²) in [6.45, 7) is 11.1. The highest BCUT2D eigenvalue weighted by Gasteiger charge is 2.34. The highest BCUT2D eigenvalue weighted by molar-refractivity contribution is 5.85. The minimum atomic E-state index is 0.252. The van der Waals surface area contributed by atoms with Crippen molar-refractivity contribution in [3.63, 3.8) is 0 Å². The molecule has 16 heavy (non-hydrogen) atoms. The van der Waals surface area contributed by atoms with Gasteiger partial charge in [-0.05, 0) is 33.6 Å². The lowest BCUT2D eigenvalue weighted by Gasteiger charge is -2.43. The zero-order valence-electron chi connectivity index (χ0n) is 10.8. The quantitative estimate of drug-likeness (QED) is 0.675. The summed E-state index contributed by atoms with van der Waals surface area (Å²) in [4.78, 5) is 16.6. The van der Waals surface area contributed by atoms with Crippen molar-refractivity contribution >= 4 is 5.78 Å². The fourth-order valence-electron chi connectivity index (χ4n) is 2.89. The summed E-state index contributed by atoms with van der Waals surface area (Å²) in [5, 5.41) is 0. The molecule has 0 amide bonds. The first-order valence-corrected chi connectivity index (χ1v) is 6.50. The first-order valence-electron chi connectivity index (χ1n) is 6.50. The molecule has 0 bridgehead atoms. The summed E-state index contributed by atoms with van der Waals surface area (Å²) in [6.07, 6.45) is 3.00. The Hall–Kier alpha value is -0.410. The van der Waals surface area contributed by atoms with Crippen LogP contribution in [-0.4, -0.2) is 53.3 Å². The number of rotatable bonds is 1. The molecular formula is C13H24N2O. The van der Waals surface area contributed by atoms with E-state index in [2.05, 4.69) is 30.6 Å². The second-order valence-electron chi connectivity index (χ2n) is 6.07. The molecule has 0 aromatic carbocycles. The second-order valence-corrected chi connectivity index (χ2v) is 6.07. The molecule has 92 valence electrons. The van der Waals surface area contributed by atoms with Crippen LogP contribution >= 0.6 is 0 Å². The van der Waals surface area contributed by atoms with Gasteiger partial charge in [0.05, 0.1) is 6.04 Å². The standard InChI is InChI=1S/C13H24N2O/c1-13(2,3)15-9-7-14(8-10-15)11-5-4-6-12(11)16/h11H,4-10H2,1-3H3. The van der Waals surface area contributed by atoms with E-state index < -0.39 is 0 Å². The molecule has 2 aliphatic rings. The highest BCUT2D eigenvalue weighted by atomic mass is 16.1. The van der Waals surface area contributed by atoms with Crippen LogP contribution in [0.1, 0.15) is 40.0 Å². The van der Waals surface area contributed by atoms with Crippen LogP contribution in [0, 0.1) is 0 Å². The van der Waals surface area contributed by atoms with Crippen molar-refractivity contribution in [2.75, 3.05) is 26.2 Å². The Morgan fingerprint density at radius 3 is 2.19 bits per heavy atom. The first kappa shape index (κ1) is 12.1. The van der Waals surface area contributed by atoms with Gasteiger partial charge in [-0.1, -0.05) is 0 Å². The van der Waals surface area contributed by atoms with Crippen LogP contribution in [0.5, 0.6) is 0 Å². The number of carbonyl (C=O) groups is 1. The Balaban J connectivity index is 1.88. The molecule has 0 aromatic heterocycles. The van der Waals surface area contributed by atoms with E-state index in [0.29, 0.717) is 5.78 Å². The van der Waals surface area contributed by atoms with E-state index in [-0.39, 0.29) is 11.6 Å². The third-order valence-electron chi connectivity index (χ3n) is 3.98. The van der Waals surface area contributed by atoms with E-state index in [1.165, 1.54) is 0 Å². The fraction of sp³-hybridized carbons (Fsp3) is 0.923. The molecule has 0 aromatic rings. The largest absolute Gasteiger partial charge is 0.298 e. The van der Waals surface area contributed by atoms with E-state index in [0.717, 1.165) is 45.4 Å². The van der Waals surface area contributed by atoms with Gasteiger partial charge in [0.2, 0.25) is 0 Å². The molecule has 0 radical (unpaired) electrons. The lowest BCUT2D eigenvalue weighted by molar-refractivity contribution is -0.122. The molecule has 2 rings (SSSR count). The SMILES string of the molecule is CC(C)(C)N1CCN(C2CCCC2=O)CC1. The first-order chi connectivity index (χ1) is 7.48. The Morgan fingerprint density at radius 1 is 1.12 bits per heavy atom. The monoisotopic (exact) mass is 224 g/mol. The van der Waals surface area contributed by atoms with Crippen LogP contribution in [0.25, 0.3) is 0 Å². The zero-order valence-corrected chi connectivity index (χ0v) is 10.8. The lowest BCUT2D eigenvalue weighted by Crippen LogP contribution is -2.56. The molecule has 1 saturated heterocycles. The number of hydrogen-bond acceptors (Lipinski definition) is 3. The topological polar surface area (TPSA) is 23.6 Å². The molecular weight excluding hydrogens is 200 g/mol. The third-order valence-corrected chi connectivity index (χ3v) is 3.98. The average Bonchev–Trinajstić information content (AvgIpc) is 2.63. The van der Waals surface area contributed by atoms with Gasteiger partial charge in [0.15, 0.2) is 0 Å². The van der Waals surface area contributed by atoms with Crippen molar-refractivity contribution < 1.29 is 4.79 Å². The number of nitrogens with zero attached hydrogens (tertiary/aromatic N) is 2. The Bertz CT molecular complexity index is 262. The highest BCUT2D eigenvalue weighted by Crippen LogP contribution is 2.23. The van der Waals surface area contributed by atoms with Crippen LogP contribution in [0.3, 0.4) is 0 Å². The summed E-state index contributed by atoms with van der Waals surface area (Å²) in [7, 11) is 0. The van der Waals surface area contributed by atoms with Gasteiger partial charge in [-0.2, -0.15) is 0 Å². The summed E-state index contributed by atoms with van der Waals surface area (Å²) < 4.78 is 0. The smallest absolute Gasteiger partial charge is 0.149 e. The van der Waals surface area contributed by atoms with Crippen LogP contribution in [0.4, 0.5) is 0 Å². The van der Waals surface area contributed by atoms with Gasteiger partial charge >= 0.3 is 0 Å². The molecule has 1 atom stereocenters. The van der Waals surface area contributed by atoms with Crippen LogP contribution < -0.4 is 0 Å². The molecule has 1 saturated carbocycles. The number of ketones is 1. The summed E-state index contributed by atoms with van der Waals surface area (Å²) in [6, 6.07) is 0.252. The normalized spacial score (nSPS) is 29.9. The van der Waals surface area contributed by atoms with E-state index in [9.17, 15) is 4.79 Å². The summed E-state index contributed by atoms with van der Waals surface area (Å²) >= 11 is 0. The molecule has 2 fully saturated rings. The van der Waals surface area contributed by atoms with Gasteiger partial charge in [-0.3, -0.25) is 14.6 Å². The molecule has 1 aliphatic carbocycles. The van der Waals surface area contributed by atoms with Gasteiger partial charge in [0.1, 0.15) is 5.78 Å². The van der Waals surface area contributed by atoms with Gasteiger partial charge < -0.3 is 0 Å². The maximum Gasteiger partial charge on any atom is 0.149 e. The van der Waals surface area contributed by atoms with Gasteiger partial charge in [-0.25, -0.2) is 0 Å². The zero-order chi connectivity index (χ0) is 11.8. The minimum Gasteiger partial charge on any atom is -0.298 e. The van der Waals surface area contributed by atoms with E-state index in [4.69, 9.17) is 0 Å². The molecule has 0 spiro atoms. The number of hydrogen-bond donors (Lipinski definition) is 0. The van der Waals surface area contributed by atoms with Gasteiger partial charge in [-0.15, -0.1) is 0 Å². The fourth-order valence-corrected chi connectivity index (χ4v) is 2.89. The molecule has 3 heteroatoms. The van der Waals surface area contributed by atoms with Crippen LogP contribution in [0.2, 0.25) is 0 Å². The van der Waals surface area contributed by atoms with Crippen molar-refractivity contribution in [1.82, 2.24) is 9.80 Å². The second kappa shape index (κ2) is 4.46. The number of carbonyl (C=O) groups excluding carboxylic acids is 1. The van der Waals surface area contributed by atoms with Crippen molar-refractivity contribution in [2.45, 2.75) is 51.6 Å². The van der Waals surface area contributed by atoms with Crippen molar-refractivity contribution in [2.24, 2.45) is 0 Å². The Labute approximate surface area is 98.8 Å². The van der Waals surface area contributed by atoms with E-state index in [1.54, 1.807) is 0 Å². The maximum atomic E-state index is 11.7. The van der Waals surface area contributed by atoms with Crippen LogP contribution in [-0.2, 0) is 4.79 Å². The Kier molecular flexibility index (Phi) is 3.36.